The Morgan fingerprint density at radius 2 is 2.07 bits per heavy atom. The first-order valence-corrected chi connectivity index (χ1v) is 7.15. The van der Waals surface area contributed by atoms with Gasteiger partial charge in [0.25, 0.3) is 0 Å². The summed E-state index contributed by atoms with van der Waals surface area (Å²) in [7, 11) is -2.92. The summed E-state index contributed by atoms with van der Waals surface area (Å²) < 4.78 is 29.0. The lowest BCUT2D eigenvalue weighted by Gasteiger charge is -2.27. The van der Waals surface area contributed by atoms with E-state index in [-0.39, 0.29) is 11.4 Å². The van der Waals surface area contributed by atoms with Crippen LogP contribution in [0.15, 0.2) is 11.8 Å². The molecule has 0 N–H and O–H groups in total. The van der Waals surface area contributed by atoms with Crippen molar-refractivity contribution in [2.75, 3.05) is 5.75 Å². The average molecular weight is 232 g/mol. The van der Waals surface area contributed by atoms with Gasteiger partial charge in [0.2, 0.25) is 0 Å². The quantitative estimate of drug-likeness (QED) is 0.701. The SMILES string of the molecule is CC(C)=COC(C)C1CCCCS1(=O)=O. The van der Waals surface area contributed by atoms with Crippen molar-refractivity contribution in [3.05, 3.63) is 11.8 Å². The van der Waals surface area contributed by atoms with Crippen molar-refractivity contribution >= 4 is 9.84 Å². The van der Waals surface area contributed by atoms with Crippen molar-refractivity contribution in [2.45, 2.75) is 51.4 Å². The highest BCUT2D eigenvalue weighted by molar-refractivity contribution is 7.92. The van der Waals surface area contributed by atoms with Crippen LogP contribution in [0.5, 0.6) is 0 Å². The third-order valence-electron chi connectivity index (χ3n) is 2.67. The third kappa shape index (κ3) is 3.52. The fourth-order valence-corrected chi connectivity index (χ4v) is 3.92. The number of sulfone groups is 1. The van der Waals surface area contributed by atoms with Crippen molar-refractivity contribution in [2.24, 2.45) is 0 Å². The molecule has 15 heavy (non-hydrogen) atoms. The van der Waals surface area contributed by atoms with Crippen LogP contribution in [-0.2, 0) is 14.6 Å². The molecule has 0 amide bonds. The molecule has 1 fully saturated rings. The molecule has 88 valence electrons. The maximum Gasteiger partial charge on any atom is 0.156 e. The predicted octanol–water partition coefficient (Wildman–Crippen LogP) is 2.28. The van der Waals surface area contributed by atoms with Crippen LogP contribution < -0.4 is 0 Å². The van der Waals surface area contributed by atoms with Crippen molar-refractivity contribution < 1.29 is 13.2 Å². The Hall–Kier alpha value is -0.510. The van der Waals surface area contributed by atoms with Crippen LogP contribution in [-0.4, -0.2) is 25.5 Å². The molecule has 0 bridgehead atoms. The lowest BCUT2D eigenvalue weighted by Crippen LogP contribution is -2.37. The van der Waals surface area contributed by atoms with Gasteiger partial charge in [-0.2, -0.15) is 0 Å². The second-order valence-electron chi connectivity index (χ2n) is 4.44. The minimum Gasteiger partial charge on any atom is -0.497 e. The summed E-state index contributed by atoms with van der Waals surface area (Å²) in [5, 5.41) is -0.318. The molecule has 2 unspecified atom stereocenters. The van der Waals surface area contributed by atoms with Gasteiger partial charge in [-0.15, -0.1) is 0 Å². The van der Waals surface area contributed by atoms with E-state index in [1.165, 1.54) is 0 Å². The van der Waals surface area contributed by atoms with E-state index in [1.807, 2.05) is 20.8 Å². The normalized spacial score (nSPS) is 26.7. The van der Waals surface area contributed by atoms with Gasteiger partial charge in [-0.1, -0.05) is 6.42 Å². The predicted molar refractivity (Wildman–Crippen MR) is 61.4 cm³/mol. The Morgan fingerprint density at radius 1 is 1.40 bits per heavy atom. The van der Waals surface area contributed by atoms with Crippen molar-refractivity contribution in [1.29, 1.82) is 0 Å². The van der Waals surface area contributed by atoms with Crippen LogP contribution in [0.2, 0.25) is 0 Å². The lowest BCUT2D eigenvalue weighted by molar-refractivity contribution is 0.148. The maximum absolute atomic E-state index is 11.8. The topological polar surface area (TPSA) is 43.4 Å². The van der Waals surface area contributed by atoms with Gasteiger partial charge in [0, 0.05) is 0 Å². The number of hydrogen-bond donors (Lipinski definition) is 0. The summed E-state index contributed by atoms with van der Waals surface area (Å²) in [5.41, 5.74) is 1.05. The molecule has 1 heterocycles. The van der Waals surface area contributed by atoms with Crippen LogP contribution in [0.1, 0.15) is 40.0 Å². The summed E-state index contributed by atoms with van der Waals surface area (Å²) in [6, 6.07) is 0. The van der Waals surface area contributed by atoms with Crippen LogP contribution >= 0.6 is 0 Å². The van der Waals surface area contributed by atoms with Crippen LogP contribution in [0.3, 0.4) is 0 Å². The fraction of sp³-hybridized carbons (Fsp3) is 0.818. The molecular weight excluding hydrogens is 212 g/mol. The largest absolute Gasteiger partial charge is 0.497 e. The summed E-state index contributed by atoms with van der Waals surface area (Å²) in [4.78, 5) is 0. The van der Waals surface area contributed by atoms with E-state index >= 15 is 0 Å². The van der Waals surface area contributed by atoms with Crippen molar-refractivity contribution in [1.82, 2.24) is 0 Å². The summed E-state index contributed by atoms with van der Waals surface area (Å²) in [6.07, 6.45) is 3.94. The molecular formula is C11H20O3S. The van der Waals surface area contributed by atoms with E-state index in [2.05, 4.69) is 0 Å². The van der Waals surface area contributed by atoms with Crippen molar-refractivity contribution in [3.63, 3.8) is 0 Å². The molecule has 4 heteroatoms. The second-order valence-corrected chi connectivity index (χ2v) is 6.78. The Morgan fingerprint density at radius 3 is 2.60 bits per heavy atom. The monoisotopic (exact) mass is 232 g/mol. The molecule has 1 aliphatic rings. The smallest absolute Gasteiger partial charge is 0.156 e. The number of allylic oxidation sites excluding steroid dienone is 1. The van der Waals surface area contributed by atoms with Gasteiger partial charge in [-0.05, 0) is 39.2 Å². The standard InChI is InChI=1S/C11H20O3S/c1-9(2)8-14-10(3)11-6-4-5-7-15(11,12)13/h8,10-11H,4-7H2,1-3H3. The highest BCUT2D eigenvalue weighted by atomic mass is 32.2. The molecule has 0 saturated carbocycles. The minimum atomic E-state index is -2.92. The Balaban J connectivity index is 2.65. The Bertz CT molecular complexity index is 326. The zero-order valence-corrected chi connectivity index (χ0v) is 10.5. The first-order chi connectivity index (χ1) is 6.93. The second kappa shape index (κ2) is 5.01. The van der Waals surface area contributed by atoms with Gasteiger partial charge in [0.05, 0.1) is 17.3 Å². The number of hydrogen-bond acceptors (Lipinski definition) is 3. The zero-order chi connectivity index (χ0) is 11.5. The molecule has 0 aliphatic carbocycles. The molecule has 0 aromatic carbocycles. The number of rotatable bonds is 3. The minimum absolute atomic E-state index is 0.231. The van der Waals surface area contributed by atoms with Gasteiger partial charge in [-0.25, -0.2) is 8.42 Å². The zero-order valence-electron chi connectivity index (χ0n) is 9.69. The first-order valence-electron chi connectivity index (χ1n) is 5.44. The van der Waals surface area contributed by atoms with Crippen LogP contribution in [0.25, 0.3) is 0 Å². The molecule has 2 atom stereocenters. The highest BCUT2D eigenvalue weighted by Crippen LogP contribution is 2.24. The van der Waals surface area contributed by atoms with Gasteiger partial charge < -0.3 is 4.74 Å². The van der Waals surface area contributed by atoms with E-state index in [9.17, 15) is 8.42 Å². The lowest BCUT2D eigenvalue weighted by atomic mass is 10.1. The Kier molecular flexibility index (Phi) is 4.20. The van der Waals surface area contributed by atoms with E-state index in [0.29, 0.717) is 5.75 Å². The van der Waals surface area contributed by atoms with Crippen molar-refractivity contribution in [3.8, 4) is 0 Å². The highest BCUT2D eigenvalue weighted by Gasteiger charge is 2.33. The summed E-state index contributed by atoms with van der Waals surface area (Å²) in [6.45, 7) is 5.71. The molecule has 0 radical (unpaired) electrons. The molecule has 0 spiro atoms. The summed E-state index contributed by atoms with van der Waals surface area (Å²) in [5.74, 6) is 0.320. The number of ether oxygens (including phenoxy) is 1. The fourth-order valence-electron chi connectivity index (χ4n) is 1.84. The van der Waals surface area contributed by atoms with Gasteiger partial charge >= 0.3 is 0 Å². The van der Waals surface area contributed by atoms with Gasteiger partial charge in [0.1, 0.15) is 6.10 Å². The average Bonchev–Trinajstić information content (AvgIpc) is 2.13. The van der Waals surface area contributed by atoms with Gasteiger partial charge in [-0.3, -0.25) is 0 Å². The molecule has 3 nitrogen and oxygen atoms in total. The van der Waals surface area contributed by atoms with E-state index in [1.54, 1.807) is 6.26 Å². The molecule has 1 saturated heterocycles. The first kappa shape index (κ1) is 12.6. The van der Waals surface area contributed by atoms with E-state index < -0.39 is 9.84 Å². The molecule has 0 aromatic rings. The molecule has 0 aromatic heterocycles. The Labute approximate surface area is 92.4 Å². The van der Waals surface area contributed by atoms with E-state index in [4.69, 9.17) is 4.74 Å². The maximum atomic E-state index is 11.8. The van der Waals surface area contributed by atoms with Crippen LogP contribution in [0, 0.1) is 0 Å². The summed E-state index contributed by atoms with van der Waals surface area (Å²) >= 11 is 0. The van der Waals surface area contributed by atoms with Gasteiger partial charge in [0.15, 0.2) is 9.84 Å². The molecule has 1 aliphatic heterocycles. The van der Waals surface area contributed by atoms with E-state index in [0.717, 1.165) is 24.8 Å². The van der Waals surface area contributed by atoms with Crippen LogP contribution in [0.4, 0.5) is 0 Å². The third-order valence-corrected chi connectivity index (χ3v) is 5.07. The molecule has 1 rings (SSSR count).